The molecule has 1 aromatic rings. The van der Waals surface area contributed by atoms with E-state index in [1.165, 1.54) is 37.7 Å². The molecule has 1 unspecified atom stereocenters. The molecule has 5 heteroatoms. The molecular formula is C21H33N3O2. The first-order chi connectivity index (χ1) is 12.6. The summed E-state index contributed by atoms with van der Waals surface area (Å²) < 4.78 is 0. The van der Waals surface area contributed by atoms with E-state index in [0.29, 0.717) is 18.9 Å². The van der Waals surface area contributed by atoms with Crippen molar-refractivity contribution in [1.82, 2.24) is 15.2 Å². The molecule has 0 aromatic carbocycles. The van der Waals surface area contributed by atoms with E-state index >= 15 is 0 Å². The van der Waals surface area contributed by atoms with Crippen LogP contribution in [0.25, 0.3) is 0 Å². The highest BCUT2D eigenvalue weighted by molar-refractivity contribution is 5.86. The van der Waals surface area contributed by atoms with Crippen LogP contribution in [-0.4, -0.2) is 52.7 Å². The molecule has 5 nitrogen and oxygen atoms in total. The van der Waals surface area contributed by atoms with Crippen molar-refractivity contribution in [2.75, 3.05) is 26.2 Å². The number of hydrogen-bond donors (Lipinski definition) is 2. The number of nitrogens with zero attached hydrogens (tertiary/aromatic N) is 2. The number of pyridine rings is 1. The molecule has 1 saturated carbocycles. The highest BCUT2D eigenvalue weighted by atomic mass is 16.3. The van der Waals surface area contributed by atoms with Gasteiger partial charge in [0.05, 0.1) is 0 Å². The number of likely N-dealkylation sites (tertiary alicyclic amines) is 1. The Labute approximate surface area is 157 Å². The lowest BCUT2D eigenvalue weighted by atomic mass is 9.86. The summed E-state index contributed by atoms with van der Waals surface area (Å²) in [5.74, 6) is 0.547. The van der Waals surface area contributed by atoms with Crippen LogP contribution >= 0.6 is 0 Å². The number of aryl methyl sites for hydroxylation is 1. The Morgan fingerprint density at radius 2 is 2.12 bits per heavy atom. The van der Waals surface area contributed by atoms with Gasteiger partial charge in [0.15, 0.2) is 5.60 Å². The normalized spacial score (nSPS) is 24.8. The lowest BCUT2D eigenvalue weighted by Crippen LogP contribution is -2.58. The van der Waals surface area contributed by atoms with E-state index in [1.54, 1.807) is 0 Å². The molecule has 2 N–H and O–H groups in total. The Morgan fingerprint density at radius 1 is 1.31 bits per heavy atom. The summed E-state index contributed by atoms with van der Waals surface area (Å²) in [6.07, 6.45) is 10.4. The van der Waals surface area contributed by atoms with Crippen LogP contribution in [0.5, 0.6) is 0 Å². The molecule has 1 aliphatic carbocycles. The number of carbonyl (C=O) groups is 1. The number of rotatable bonds is 7. The van der Waals surface area contributed by atoms with Crippen molar-refractivity contribution in [3.05, 3.63) is 29.6 Å². The molecule has 1 saturated heterocycles. The molecule has 1 atom stereocenters. The highest BCUT2D eigenvalue weighted by Gasteiger charge is 2.42. The number of hydrogen-bond acceptors (Lipinski definition) is 4. The number of nitrogens with one attached hydrogen (secondary N) is 1. The molecule has 0 bridgehead atoms. The van der Waals surface area contributed by atoms with E-state index in [1.807, 2.05) is 17.2 Å². The summed E-state index contributed by atoms with van der Waals surface area (Å²) in [5.41, 5.74) is 1.01. The molecule has 0 spiro atoms. The Kier molecular flexibility index (Phi) is 6.65. The maximum absolute atomic E-state index is 12.9. The zero-order valence-electron chi connectivity index (χ0n) is 16.0. The van der Waals surface area contributed by atoms with Crippen LogP contribution in [-0.2, 0) is 11.2 Å². The van der Waals surface area contributed by atoms with Crippen LogP contribution in [0.1, 0.15) is 56.2 Å². The fraction of sp³-hybridized carbons (Fsp3) is 0.714. The van der Waals surface area contributed by atoms with Gasteiger partial charge in [-0.25, -0.2) is 0 Å². The van der Waals surface area contributed by atoms with E-state index in [0.717, 1.165) is 38.2 Å². The minimum Gasteiger partial charge on any atom is -0.379 e. The zero-order chi connectivity index (χ0) is 18.4. The molecule has 1 amide bonds. The van der Waals surface area contributed by atoms with Crippen LogP contribution in [0.3, 0.4) is 0 Å². The number of aliphatic hydroxyl groups is 1. The van der Waals surface area contributed by atoms with E-state index in [-0.39, 0.29) is 5.91 Å². The minimum absolute atomic E-state index is 0.0733. The van der Waals surface area contributed by atoms with Gasteiger partial charge in [-0.2, -0.15) is 0 Å². The lowest BCUT2D eigenvalue weighted by molar-refractivity contribution is -0.157. The fourth-order valence-corrected chi connectivity index (χ4v) is 4.37. The van der Waals surface area contributed by atoms with Gasteiger partial charge >= 0.3 is 0 Å². The zero-order valence-corrected chi connectivity index (χ0v) is 16.0. The lowest BCUT2D eigenvalue weighted by Gasteiger charge is -2.40. The monoisotopic (exact) mass is 359 g/mol. The van der Waals surface area contributed by atoms with Gasteiger partial charge < -0.3 is 15.3 Å². The van der Waals surface area contributed by atoms with Gasteiger partial charge in [0.25, 0.3) is 5.91 Å². The molecule has 144 valence electrons. The molecule has 1 aliphatic heterocycles. The number of amides is 1. The van der Waals surface area contributed by atoms with E-state index < -0.39 is 5.60 Å². The molecule has 2 heterocycles. The third-order valence-corrected chi connectivity index (χ3v) is 5.98. The van der Waals surface area contributed by atoms with E-state index in [9.17, 15) is 9.90 Å². The number of carbonyl (C=O) groups excluding carboxylic acids is 1. The van der Waals surface area contributed by atoms with Gasteiger partial charge in [-0.1, -0.05) is 25.3 Å². The molecule has 2 aliphatic rings. The van der Waals surface area contributed by atoms with Crippen molar-refractivity contribution in [3.8, 4) is 0 Å². The van der Waals surface area contributed by atoms with Crippen molar-refractivity contribution in [1.29, 1.82) is 0 Å². The summed E-state index contributed by atoms with van der Waals surface area (Å²) in [7, 11) is 0. The minimum atomic E-state index is -1.24. The van der Waals surface area contributed by atoms with Gasteiger partial charge in [-0.05, 0) is 50.2 Å². The molecule has 1 aromatic heterocycles. The first-order valence-corrected chi connectivity index (χ1v) is 10.2. The first-order valence-electron chi connectivity index (χ1n) is 10.2. The predicted octanol–water partition coefficient (Wildman–Crippen LogP) is 2.46. The van der Waals surface area contributed by atoms with Gasteiger partial charge in [0.1, 0.15) is 0 Å². The standard InChI is InChI=1S/C21H33N3O2/c1-17-7-5-12-23-19(17)10-13-22-16-21(26)11-6-14-24(20(21)25)15-18-8-3-2-4-9-18/h5,7,12,18,22,26H,2-4,6,8-11,13-16H2,1H3. The van der Waals surface area contributed by atoms with Crippen LogP contribution in [0.2, 0.25) is 0 Å². The largest absolute Gasteiger partial charge is 0.379 e. The van der Waals surface area contributed by atoms with Gasteiger partial charge in [0, 0.05) is 44.5 Å². The van der Waals surface area contributed by atoms with Crippen LogP contribution in [0.15, 0.2) is 18.3 Å². The van der Waals surface area contributed by atoms with Crippen LogP contribution < -0.4 is 5.32 Å². The average molecular weight is 360 g/mol. The van der Waals surface area contributed by atoms with Gasteiger partial charge in [-0.3, -0.25) is 9.78 Å². The van der Waals surface area contributed by atoms with Gasteiger partial charge in [0.2, 0.25) is 0 Å². The van der Waals surface area contributed by atoms with E-state index in [2.05, 4.69) is 23.3 Å². The number of piperidine rings is 1. The molecular weight excluding hydrogens is 326 g/mol. The van der Waals surface area contributed by atoms with E-state index in [4.69, 9.17) is 0 Å². The number of aromatic nitrogens is 1. The first kappa shape index (κ1) is 19.3. The maximum Gasteiger partial charge on any atom is 0.255 e. The summed E-state index contributed by atoms with van der Waals surface area (Å²) >= 11 is 0. The summed E-state index contributed by atoms with van der Waals surface area (Å²) in [6.45, 7) is 4.73. The third kappa shape index (κ3) is 4.83. The summed E-state index contributed by atoms with van der Waals surface area (Å²) in [5, 5.41) is 14.2. The second-order valence-electron chi connectivity index (χ2n) is 8.08. The third-order valence-electron chi connectivity index (χ3n) is 5.98. The summed E-state index contributed by atoms with van der Waals surface area (Å²) in [4.78, 5) is 19.2. The SMILES string of the molecule is Cc1cccnc1CCNCC1(O)CCCN(CC2CCCCC2)C1=O. The average Bonchev–Trinajstić information content (AvgIpc) is 2.65. The smallest absolute Gasteiger partial charge is 0.255 e. The van der Waals surface area contributed by atoms with Gasteiger partial charge in [-0.15, -0.1) is 0 Å². The highest BCUT2D eigenvalue weighted by Crippen LogP contribution is 2.28. The predicted molar refractivity (Wildman–Crippen MR) is 103 cm³/mol. The Balaban J connectivity index is 1.48. The maximum atomic E-state index is 12.9. The molecule has 3 rings (SSSR count). The quantitative estimate of drug-likeness (QED) is 0.734. The second kappa shape index (κ2) is 8.96. The molecule has 2 fully saturated rings. The molecule has 0 radical (unpaired) electrons. The molecule has 26 heavy (non-hydrogen) atoms. The van der Waals surface area contributed by atoms with Crippen molar-refractivity contribution in [2.45, 2.75) is 63.9 Å². The van der Waals surface area contributed by atoms with Crippen molar-refractivity contribution in [3.63, 3.8) is 0 Å². The fourth-order valence-electron chi connectivity index (χ4n) is 4.37. The second-order valence-corrected chi connectivity index (χ2v) is 8.08. The van der Waals surface area contributed by atoms with Crippen molar-refractivity contribution >= 4 is 5.91 Å². The Hall–Kier alpha value is -1.46. The Bertz CT molecular complexity index is 601. The Morgan fingerprint density at radius 3 is 2.88 bits per heavy atom. The van der Waals surface area contributed by atoms with Crippen molar-refractivity contribution in [2.24, 2.45) is 5.92 Å². The van der Waals surface area contributed by atoms with Crippen LogP contribution in [0, 0.1) is 12.8 Å². The van der Waals surface area contributed by atoms with Crippen LogP contribution in [0.4, 0.5) is 0 Å². The summed E-state index contributed by atoms with van der Waals surface area (Å²) in [6, 6.07) is 4.00. The van der Waals surface area contributed by atoms with Crippen molar-refractivity contribution < 1.29 is 9.90 Å². The topological polar surface area (TPSA) is 65.5 Å².